The van der Waals surface area contributed by atoms with E-state index in [-0.39, 0.29) is 19.6 Å². The van der Waals surface area contributed by atoms with Gasteiger partial charge >= 0.3 is 18.2 Å². The van der Waals surface area contributed by atoms with Gasteiger partial charge in [0.1, 0.15) is 18.2 Å². The largest absolute Gasteiger partial charge is 0.467 e. The van der Waals surface area contributed by atoms with Crippen molar-refractivity contribution in [1.29, 1.82) is 0 Å². The van der Waals surface area contributed by atoms with E-state index in [1.807, 2.05) is 30.3 Å². The maximum atomic E-state index is 11.9. The number of ether oxygens (including phenoxy) is 3. The van der Waals surface area contributed by atoms with Crippen molar-refractivity contribution in [2.75, 3.05) is 13.7 Å². The van der Waals surface area contributed by atoms with Gasteiger partial charge in [-0.3, -0.25) is 0 Å². The van der Waals surface area contributed by atoms with Gasteiger partial charge < -0.3 is 24.8 Å². The number of carbonyl (C=O) groups is 3. The summed E-state index contributed by atoms with van der Waals surface area (Å²) in [5.74, 6) is -0.632. The molecule has 0 fully saturated rings. The maximum absolute atomic E-state index is 11.9. The molecule has 1 atom stereocenters. The number of methoxy groups -OCH3 is 1. The monoisotopic (exact) mass is 366 g/mol. The highest BCUT2D eigenvalue weighted by molar-refractivity contribution is 5.81. The molecule has 2 N–H and O–H groups in total. The Bertz CT molecular complexity index is 597. The lowest BCUT2D eigenvalue weighted by Gasteiger charge is -2.20. The van der Waals surface area contributed by atoms with Crippen molar-refractivity contribution >= 4 is 18.2 Å². The minimum atomic E-state index is -0.946. The van der Waals surface area contributed by atoms with E-state index in [4.69, 9.17) is 9.47 Å². The summed E-state index contributed by atoms with van der Waals surface area (Å²) in [6.45, 7) is 5.43. The highest BCUT2D eigenvalue weighted by atomic mass is 16.6. The summed E-state index contributed by atoms with van der Waals surface area (Å²) in [6, 6.07) is 8.20. The summed E-state index contributed by atoms with van der Waals surface area (Å²) in [5, 5.41) is 4.95. The van der Waals surface area contributed by atoms with Gasteiger partial charge in [-0.1, -0.05) is 30.3 Å². The van der Waals surface area contributed by atoms with Crippen LogP contribution in [0.25, 0.3) is 0 Å². The number of esters is 1. The SMILES string of the molecule is COC(=O)[C@H](CCNC(=O)OC(C)(C)C)NC(=O)OCc1ccccc1. The molecule has 0 aliphatic rings. The molecule has 0 heterocycles. The van der Waals surface area contributed by atoms with Crippen molar-refractivity contribution < 1.29 is 28.6 Å². The molecule has 2 amide bonds. The maximum Gasteiger partial charge on any atom is 0.408 e. The number of nitrogens with one attached hydrogen (secondary N) is 2. The molecular formula is C18H26N2O6. The van der Waals surface area contributed by atoms with Gasteiger partial charge in [0.2, 0.25) is 0 Å². The number of hydrogen-bond donors (Lipinski definition) is 2. The number of carbonyl (C=O) groups excluding carboxylic acids is 3. The summed E-state index contributed by atoms with van der Waals surface area (Å²) in [6.07, 6.45) is -1.22. The molecule has 1 aromatic carbocycles. The van der Waals surface area contributed by atoms with Gasteiger partial charge in [-0.2, -0.15) is 0 Å². The molecule has 0 unspecified atom stereocenters. The topological polar surface area (TPSA) is 103 Å². The standard InChI is InChI=1S/C18H26N2O6/c1-18(2,3)26-16(22)19-11-10-14(15(21)24-4)20-17(23)25-12-13-8-6-5-7-9-13/h5-9,14H,10-12H2,1-4H3,(H,19,22)(H,20,23)/t14-/m0/s1. The van der Waals surface area contributed by atoms with Gasteiger partial charge in [-0.05, 0) is 32.8 Å². The molecule has 0 spiro atoms. The summed E-state index contributed by atoms with van der Waals surface area (Å²) in [5.41, 5.74) is 0.203. The first-order chi connectivity index (χ1) is 12.2. The summed E-state index contributed by atoms with van der Waals surface area (Å²) < 4.78 is 14.8. The van der Waals surface area contributed by atoms with Crippen molar-refractivity contribution in [3.8, 4) is 0 Å². The molecule has 1 aromatic rings. The van der Waals surface area contributed by atoms with Gasteiger partial charge in [0.05, 0.1) is 7.11 Å². The lowest BCUT2D eigenvalue weighted by Crippen LogP contribution is -2.44. The molecule has 1 rings (SSSR count). The zero-order valence-electron chi connectivity index (χ0n) is 15.5. The average Bonchev–Trinajstić information content (AvgIpc) is 2.57. The lowest BCUT2D eigenvalue weighted by molar-refractivity contribution is -0.143. The highest BCUT2D eigenvalue weighted by Gasteiger charge is 2.23. The van der Waals surface area contributed by atoms with Crippen LogP contribution in [0.1, 0.15) is 32.8 Å². The molecule has 0 saturated carbocycles. The van der Waals surface area contributed by atoms with Crippen LogP contribution in [0.5, 0.6) is 0 Å². The number of amides is 2. The minimum Gasteiger partial charge on any atom is -0.467 e. The Balaban J connectivity index is 2.44. The molecule has 0 bridgehead atoms. The van der Waals surface area contributed by atoms with E-state index >= 15 is 0 Å². The molecule has 0 radical (unpaired) electrons. The smallest absolute Gasteiger partial charge is 0.408 e. The minimum absolute atomic E-state index is 0.0801. The Kier molecular flexibility index (Phi) is 8.41. The molecule has 0 saturated heterocycles. The van der Waals surface area contributed by atoms with Gasteiger partial charge in [0.25, 0.3) is 0 Å². The molecule has 26 heavy (non-hydrogen) atoms. The van der Waals surface area contributed by atoms with Crippen LogP contribution in [-0.2, 0) is 25.6 Å². The summed E-state index contributed by atoms with van der Waals surface area (Å²) in [4.78, 5) is 35.3. The summed E-state index contributed by atoms with van der Waals surface area (Å²) in [7, 11) is 1.22. The van der Waals surface area contributed by atoms with Gasteiger partial charge in [0.15, 0.2) is 0 Å². The quantitative estimate of drug-likeness (QED) is 0.567. The Labute approximate surface area is 153 Å². The van der Waals surface area contributed by atoms with E-state index in [0.717, 1.165) is 5.56 Å². The zero-order chi connectivity index (χ0) is 19.6. The van der Waals surface area contributed by atoms with E-state index < -0.39 is 29.8 Å². The second-order valence-electron chi connectivity index (χ2n) is 6.50. The Morgan fingerprint density at radius 1 is 1.08 bits per heavy atom. The van der Waals surface area contributed by atoms with Gasteiger partial charge in [-0.15, -0.1) is 0 Å². The first kappa shape index (κ1) is 21.3. The third-order valence-corrected chi connectivity index (χ3v) is 3.09. The second-order valence-corrected chi connectivity index (χ2v) is 6.50. The van der Waals surface area contributed by atoms with Crippen LogP contribution in [0.15, 0.2) is 30.3 Å². The first-order valence-electron chi connectivity index (χ1n) is 8.23. The van der Waals surface area contributed by atoms with Crippen LogP contribution in [0.2, 0.25) is 0 Å². The third-order valence-electron chi connectivity index (χ3n) is 3.09. The van der Waals surface area contributed by atoms with Crippen molar-refractivity contribution in [1.82, 2.24) is 10.6 Å². The van der Waals surface area contributed by atoms with Gasteiger partial charge in [0, 0.05) is 6.54 Å². The molecule has 0 aliphatic carbocycles. The predicted octanol–water partition coefficient (Wildman–Crippen LogP) is 2.37. The van der Waals surface area contributed by atoms with Crippen LogP contribution < -0.4 is 10.6 Å². The normalized spacial score (nSPS) is 11.8. The van der Waals surface area contributed by atoms with Crippen LogP contribution >= 0.6 is 0 Å². The number of hydrogen-bond acceptors (Lipinski definition) is 6. The molecule has 8 heteroatoms. The van der Waals surface area contributed by atoms with E-state index in [9.17, 15) is 14.4 Å². The number of benzene rings is 1. The van der Waals surface area contributed by atoms with E-state index in [2.05, 4.69) is 15.4 Å². The molecule has 0 aliphatic heterocycles. The summed E-state index contributed by atoms with van der Waals surface area (Å²) >= 11 is 0. The van der Waals surface area contributed by atoms with Crippen molar-refractivity contribution in [3.05, 3.63) is 35.9 Å². The Hall–Kier alpha value is -2.77. The third kappa shape index (κ3) is 8.91. The Morgan fingerprint density at radius 3 is 2.31 bits per heavy atom. The van der Waals surface area contributed by atoms with Gasteiger partial charge in [-0.25, -0.2) is 14.4 Å². The zero-order valence-corrected chi connectivity index (χ0v) is 15.5. The fraction of sp³-hybridized carbons (Fsp3) is 0.500. The number of rotatable bonds is 7. The van der Waals surface area contributed by atoms with Crippen molar-refractivity contribution in [2.24, 2.45) is 0 Å². The second kappa shape index (κ2) is 10.3. The molecule has 8 nitrogen and oxygen atoms in total. The first-order valence-corrected chi connectivity index (χ1v) is 8.23. The van der Waals surface area contributed by atoms with Crippen LogP contribution in [0.3, 0.4) is 0 Å². The fourth-order valence-corrected chi connectivity index (χ4v) is 1.93. The van der Waals surface area contributed by atoms with Crippen molar-refractivity contribution in [3.63, 3.8) is 0 Å². The molecular weight excluding hydrogens is 340 g/mol. The van der Waals surface area contributed by atoms with E-state index in [1.54, 1.807) is 20.8 Å². The Morgan fingerprint density at radius 2 is 1.73 bits per heavy atom. The number of alkyl carbamates (subject to hydrolysis) is 2. The van der Waals surface area contributed by atoms with Crippen molar-refractivity contribution in [2.45, 2.75) is 45.4 Å². The van der Waals surface area contributed by atoms with E-state index in [0.29, 0.717) is 0 Å². The molecule has 0 aromatic heterocycles. The van der Waals surface area contributed by atoms with Crippen LogP contribution in [-0.4, -0.2) is 43.5 Å². The fourth-order valence-electron chi connectivity index (χ4n) is 1.93. The van der Waals surface area contributed by atoms with E-state index in [1.165, 1.54) is 7.11 Å². The van der Waals surface area contributed by atoms with Crippen LogP contribution in [0.4, 0.5) is 9.59 Å². The molecule has 144 valence electrons. The highest BCUT2D eigenvalue weighted by Crippen LogP contribution is 2.06. The lowest BCUT2D eigenvalue weighted by atomic mass is 10.2. The average molecular weight is 366 g/mol. The van der Waals surface area contributed by atoms with Crippen LogP contribution in [0, 0.1) is 0 Å². The predicted molar refractivity (Wildman–Crippen MR) is 94.4 cm³/mol.